The Morgan fingerprint density at radius 3 is 2.52 bits per heavy atom. The molecule has 1 aliphatic heterocycles. The average molecular weight is 288 g/mol. The second-order valence-electron chi connectivity index (χ2n) is 6.77. The van der Waals surface area contributed by atoms with Crippen molar-refractivity contribution in [2.45, 2.75) is 51.3 Å². The smallest absolute Gasteiger partial charge is 0.0947 e. The van der Waals surface area contributed by atoms with Gasteiger partial charge in [-0.15, -0.1) is 0 Å². The van der Waals surface area contributed by atoms with E-state index in [0.717, 1.165) is 44.6 Å². The lowest BCUT2D eigenvalue weighted by molar-refractivity contribution is 0.00897. The van der Waals surface area contributed by atoms with Gasteiger partial charge in [-0.2, -0.15) is 0 Å². The van der Waals surface area contributed by atoms with Crippen LogP contribution in [-0.2, 0) is 6.42 Å². The highest BCUT2D eigenvalue weighted by Gasteiger charge is 2.32. The largest absolute Gasteiger partial charge is 0.387 e. The SMILES string of the molecule is CC(C)N1CCN(C2CCCc3ccccc3C2O)CC1. The first-order valence-corrected chi connectivity index (χ1v) is 8.41. The van der Waals surface area contributed by atoms with E-state index in [1.54, 1.807) is 0 Å². The van der Waals surface area contributed by atoms with Crippen LogP contribution in [0.4, 0.5) is 0 Å². The lowest BCUT2D eigenvalue weighted by atomic mass is 9.97. The van der Waals surface area contributed by atoms with Crippen molar-refractivity contribution < 1.29 is 5.11 Å². The summed E-state index contributed by atoms with van der Waals surface area (Å²) < 4.78 is 0. The lowest BCUT2D eigenvalue weighted by Crippen LogP contribution is -2.53. The molecular formula is C18H28N2O. The van der Waals surface area contributed by atoms with Crippen LogP contribution in [0, 0.1) is 0 Å². The van der Waals surface area contributed by atoms with Gasteiger partial charge in [0.15, 0.2) is 0 Å². The fourth-order valence-corrected chi connectivity index (χ4v) is 3.88. The maximum Gasteiger partial charge on any atom is 0.0947 e. The molecule has 2 unspecified atom stereocenters. The first kappa shape index (κ1) is 15.0. The fourth-order valence-electron chi connectivity index (χ4n) is 3.88. The van der Waals surface area contributed by atoms with Crippen LogP contribution >= 0.6 is 0 Å². The van der Waals surface area contributed by atoms with Crippen LogP contribution in [0.15, 0.2) is 24.3 Å². The zero-order valence-electron chi connectivity index (χ0n) is 13.3. The van der Waals surface area contributed by atoms with E-state index >= 15 is 0 Å². The van der Waals surface area contributed by atoms with Gasteiger partial charge in [0.1, 0.15) is 0 Å². The number of piperazine rings is 1. The van der Waals surface area contributed by atoms with Gasteiger partial charge in [-0.05, 0) is 44.2 Å². The van der Waals surface area contributed by atoms with Crippen molar-refractivity contribution >= 4 is 0 Å². The second-order valence-corrected chi connectivity index (χ2v) is 6.77. The Morgan fingerprint density at radius 1 is 1.10 bits per heavy atom. The Kier molecular flexibility index (Phi) is 4.63. The minimum Gasteiger partial charge on any atom is -0.387 e. The molecule has 1 aliphatic carbocycles. The Bertz CT molecular complexity index is 466. The molecule has 0 amide bonds. The van der Waals surface area contributed by atoms with Crippen LogP contribution in [0.3, 0.4) is 0 Å². The number of aliphatic hydroxyl groups excluding tert-OH is 1. The summed E-state index contributed by atoms with van der Waals surface area (Å²) in [5.41, 5.74) is 2.50. The maximum atomic E-state index is 10.9. The van der Waals surface area contributed by atoms with Crippen LogP contribution in [0.2, 0.25) is 0 Å². The molecule has 0 aromatic heterocycles. The number of hydrogen-bond acceptors (Lipinski definition) is 3. The number of hydrogen-bond donors (Lipinski definition) is 1. The molecule has 3 nitrogen and oxygen atoms in total. The Hall–Kier alpha value is -0.900. The Balaban J connectivity index is 1.72. The van der Waals surface area contributed by atoms with Gasteiger partial charge in [0.2, 0.25) is 0 Å². The van der Waals surface area contributed by atoms with Gasteiger partial charge >= 0.3 is 0 Å². The Labute approximate surface area is 128 Å². The minimum atomic E-state index is -0.325. The molecule has 0 radical (unpaired) electrons. The summed E-state index contributed by atoms with van der Waals surface area (Å²) in [6.45, 7) is 8.97. The van der Waals surface area contributed by atoms with Crippen molar-refractivity contribution in [1.29, 1.82) is 0 Å². The molecule has 1 aromatic carbocycles. The molecule has 0 bridgehead atoms. The van der Waals surface area contributed by atoms with Crippen LogP contribution in [0.1, 0.15) is 43.9 Å². The van der Waals surface area contributed by atoms with Crippen LogP contribution in [0.5, 0.6) is 0 Å². The molecule has 21 heavy (non-hydrogen) atoms. The zero-order valence-corrected chi connectivity index (χ0v) is 13.3. The number of fused-ring (bicyclic) bond motifs is 1. The summed E-state index contributed by atoms with van der Waals surface area (Å²) in [5.74, 6) is 0. The molecule has 116 valence electrons. The van der Waals surface area contributed by atoms with Crippen LogP contribution < -0.4 is 0 Å². The van der Waals surface area contributed by atoms with Gasteiger partial charge < -0.3 is 5.11 Å². The number of aliphatic hydroxyl groups is 1. The molecule has 3 heteroatoms. The monoisotopic (exact) mass is 288 g/mol. The summed E-state index contributed by atoms with van der Waals surface area (Å²) in [5, 5.41) is 10.9. The molecule has 1 heterocycles. The lowest BCUT2D eigenvalue weighted by Gasteiger charge is -2.42. The molecule has 1 fully saturated rings. The van der Waals surface area contributed by atoms with Gasteiger partial charge in [0.05, 0.1) is 6.10 Å². The highest BCUT2D eigenvalue weighted by molar-refractivity contribution is 5.31. The quantitative estimate of drug-likeness (QED) is 0.847. The summed E-state index contributed by atoms with van der Waals surface area (Å²) in [7, 11) is 0. The van der Waals surface area contributed by atoms with Crippen molar-refractivity contribution in [2.24, 2.45) is 0 Å². The molecule has 2 atom stereocenters. The van der Waals surface area contributed by atoms with Crippen molar-refractivity contribution in [1.82, 2.24) is 9.80 Å². The summed E-state index contributed by atoms with van der Waals surface area (Å²) in [6, 6.07) is 9.37. The average Bonchev–Trinajstić information content (AvgIpc) is 2.67. The predicted octanol–water partition coefficient (Wildman–Crippen LogP) is 2.45. The maximum absolute atomic E-state index is 10.9. The van der Waals surface area contributed by atoms with E-state index in [1.807, 2.05) is 0 Å². The van der Waals surface area contributed by atoms with E-state index in [2.05, 4.69) is 47.9 Å². The Morgan fingerprint density at radius 2 is 1.81 bits per heavy atom. The number of rotatable bonds is 2. The van der Waals surface area contributed by atoms with Gasteiger partial charge in [-0.3, -0.25) is 9.80 Å². The molecule has 1 N–H and O–H groups in total. The summed E-state index contributed by atoms with van der Waals surface area (Å²) in [4.78, 5) is 5.05. The van der Waals surface area contributed by atoms with Gasteiger partial charge in [-0.25, -0.2) is 0 Å². The number of benzene rings is 1. The highest BCUT2D eigenvalue weighted by Crippen LogP contribution is 2.32. The van der Waals surface area contributed by atoms with E-state index in [0.29, 0.717) is 12.1 Å². The first-order valence-electron chi connectivity index (χ1n) is 8.41. The van der Waals surface area contributed by atoms with Gasteiger partial charge in [0, 0.05) is 38.3 Å². The number of aryl methyl sites for hydroxylation is 1. The summed E-state index contributed by atoms with van der Waals surface area (Å²) in [6.07, 6.45) is 3.07. The normalized spacial score (nSPS) is 28.4. The third-order valence-corrected chi connectivity index (χ3v) is 5.23. The van der Waals surface area contributed by atoms with E-state index in [1.165, 1.54) is 12.0 Å². The van der Waals surface area contributed by atoms with Crippen molar-refractivity contribution in [3.8, 4) is 0 Å². The molecule has 0 saturated carbocycles. The third kappa shape index (κ3) is 3.15. The van der Waals surface area contributed by atoms with Crippen molar-refractivity contribution in [2.75, 3.05) is 26.2 Å². The molecule has 0 spiro atoms. The molecule has 2 aliphatic rings. The van der Waals surface area contributed by atoms with Crippen molar-refractivity contribution in [3.05, 3.63) is 35.4 Å². The molecular weight excluding hydrogens is 260 g/mol. The highest BCUT2D eigenvalue weighted by atomic mass is 16.3. The van der Waals surface area contributed by atoms with Crippen LogP contribution in [-0.4, -0.2) is 53.2 Å². The van der Waals surface area contributed by atoms with E-state index in [9.17, 15) is 5.11 Å². The second kappa shape index (κ2) is 6.47. The zero-order chi connectivity index (χ0) is 14.8. The fraction of sp³-hybridized carbons (Fsp3) is 0.667. The van der Waals surface area contributed by atoms with Crippen LogP contribution in [0.25, 0.3) is 0 Å². The van der Waals surface area contributed by atoms with Crippen molar-refractivity contribution in [3.63, 3.8) is 0 Å². The summed E-state index contributed by atoms with van der Waals surface area (Å²) >= 11 is 0. The molecule has 1 saturated heterocycles. The first-order chi connectivity index (χ1) is 10.2. The van der Waals surface area contributed by atoms with E-state index in [4.69, 9.17) is 0 Å². The molecule has 1 aromatic rings. The minimum absolute atomic E-state index is 0.294. The van der Waals surface area contributed by atoms with Gasteiger partial charge in [-0.1, -0.05) is 24.3 Å². The van der Waals surface area contributed by atoms with E-state index in [-0.39, 0.29) is 6.10 Å². The standard InChI is InChI=1S/C18H28N2O/c1-14(2)19-10-12-20(13-11-19)17-9-5-7-15-6-3-4-8-16(15)18(17)21/h3-4,6,8,14,17-18,21H,5,7,9-13H2,1-2H3. The topological polar surface area (TPSA) is 26.7 Å². The predicted molar refractivity (Wildman–Crippen MR) is 86.4 cm³/mol. The molecule has 3 rings (SSSR count). The van der Waals surface area contributed by atoms with E-state index < -0.39 is 0 Å². The van der Waals surface area contributed by atoms with Gasteiger partial charge in [0.25, 0.3) is 0 Å². The third-order valence-electron chi connectivity index (χ3n) is 5.23. The number of nitrogens with zero attached hydrogens (tertiary/aromatic N) is 2.